The Kier molecular flexibility index (Phi) is 8.63. The fourth-order valence-corrected chi connectivity index (χ4v) is 3.86. The maximum atomic E-state index is 12.9. The van der Waals surface area contributed by atoms with Gasteiger partial charge in [0.05, 0.1) is 12.5 Å². The van der Waals surface area contributed by atoms with Crippen molar-refractivity contribution >= 4 is 11.8 Å². The Labute approximate surface area is 159 Å². The minimum Gasteiger partial charge on any atom is -0.356 e. The minimum absolute atomic E-state index is 0.0174. The molecule has 0 aromatic carbocycles. The van der Waals surface area contributed by atoms with E-state index in [2.05, 4.69) is 37.1 Å². The maximum absolute atomic E-state index is 12.9. The Morgan fingerprint density at radius 3 is 2.77 bits per heavy atom. The fourth-order valence-electron chi connectivity index (χ4n) is 3.86. The Bertz CT molecular complexity index is 501. The molecule has 2 rings (SSSR count). The van der Waals surface area contributed by atoms with Crippen molar-refractivity contribution < 1.29 is 9.59 Å². The summed E-state index contributed by atoms with van der Waals surface area (Å²) < 4.78 is 0. The smallest absolute Gasteiger partial charge is 0.240 e. The van der Waals surface area contributed by atoms with Gasteiger partial charge in [-0.05, 0) is 57.4 Å². The van der Waals surface area contributed by atoms with E-state index in [1.165, 1.54) is 18.5 Å². The van der Waals surface area contributed by atoms with Gasteiger partial charge in [-0.2, -0.15) is 0 Å². The third-order valence-corrected chi connectivity index (χ3v) is 5.28. The number of nitrogens with one attached hydrogen (secondary N) is 1. The number of rotatable bonds is 8. The number of allylic oxidation sites excluding steroid dienone is 2. The molecule has 2 amide bonds. The number of hydrogen-bond donors (Lipinski definition) is 1. The molecule has 1 fully saturated rings. The van der Waals surface area contributed by atoms with Gasteiger partial charge in [0, 0.05) is 25.3 Å². The molecule has 0 spiro atoms. The summed E-state index contributed by atoms with van der Waals surface area (Å²) in [6.45, 7) is 9.92. The highest BCUT2D eigenvalue weighted by Gasteiger charge is 2.28. The van der Waals surface area contributed by atoms with Gasteiger partial charge in [-0.1, -0.05) is 26.8 Å². The van der Waals surface area contributed by atoms with Gasteiger partial charge in [-0.3, -0.25) is 14.5 Å². The van der Waals surface area contributed by atoms with E-state index >= 15 is 0 Å². The van der Waals surface area contributed by atoms with Crippen LogP contribution in [0, 0.1) is 11.8 Å². The summed E-state index contributed by atoms with van der Waals surface area (Å²) in [6.07, 6.45) is 9.66. The van der Waals surface area contributed by atoms with Crippen molar-refractivity contribution in [1.29, 1.82) is 0 Å². The van der Waals surface area contributed by atoms with Gasteiger partial charge in [-0.15, -0.1) is 0 Å². The monoisotopic (exact) mass is 363 g/mol. The van der Waals surface area contributed by atoms with E-state index in [0.717, 1.165) is 51.7 Å². The number of likely N-dealkylation sites (tertiary alicyclic amines) is 1. The molecular formula is C21H37N3O2. The zero-order chi connectivity index (χ0) is 18.9. The topological polar surface area (TPSA) is 52.7 Å². The number of hydrogen-bond acceptors (Lipinski definition) is 3. The second-order valence-electron chi connectivity index (χ2n) is 8.20. The highest BCUT2D eigenvalue weighted by Crippen LogP contribution is 2.22. The molecule has 1 saturated heterocycles. The van der Waals surface area contributed by atoms with Gasteiger partial charge in [0.15, 0.2) is 0 Å². The second kappa shape index (κ2) is 10.7. The van der Waals surface area contributed by atoms with Gasteiger partial charge < -0.3 is 10.2 Å². The molecule has 0 bridgehead atoms. The predicted molar refractivity (Wildman–Crippen MR) is 106 cm³/mol. The van der Waals surface area contributed by atoms with Crippen LogP contribution in [0.4, 0.5) is 0 Å². The average Bonchev–Trinajstić information content (AvgIpc) is 2.65. The van der Waals surface area contributed by atoms with Crippen molar-refractivity contribution in [2.75, 3.05) is 32.7 Å². The highest BCUT2D eigenvalue weighted by molar-refractivity contribution is 5.81. The first-order valence-electron chi connectivity index (χ1n) is 10.5. The molecule has 0 radical (unpaired) electrons. The van der Waals surface area contributed by atoms with E-state index in [1.54, 1.807) is 0 Å². The normalized spacial score (nSPS) is 21.4. The molecule has 1 heterocycles. The minimum atomic E-state index is 0.0174. The highest BCUT2D eigenvalue weighted by atomic mass is 16.2. The number of carbonyl (C=O) groups is 2. The zero-order valence-corrected chi connectivity index (χ0v) is 16.9. The molecule has 0 aromatic heterocycles. The average molecular weight is 364 g/mol. The molecule has 1 aliphatic heterocycles. The third-order valence-electron chi connectivity index (χ3n) is 5.28. The standard InChI is InChI=1S/C21H37N3O2/c1-4-12-24(19-10-6-5-7-11-19)20(25)16-23-13-8-9-18(15-23)21(26)22-14-17(2)3/h10,17-18H,4-9,11-16H2,1-3H3,(H,22,26)/t18-/m0/s1. The van der Waals surface area contributed by atoms with Gasteiger partial charge in [0.1, 0.15) is 0 Å². The summed E-state index contributed by atoms with van der Waals surface area (Å²) >= 11 is 0. The van der Waals surface area contributed by atoms with Crippen LogP contribution >= 0.6 is 0 Å². The van der Waals surface area contributed by atoms with Crippen LogP contribution in [0.2, 0.25) is 0 Å². The van der Waals surface area contributed by atoms with Crippen LogP contribution in [0.3, 0.4) is 0 Å². The lowest BCUT2D eigenvalue weighted by Gasteiger charge is -2.34. The lowest BCUT2D eigenvalue weighted by molar-refractivity contribution is -0.133. The van der Waals surface area contributed by atoms with Crippen LogP contribution in [-0.2, 0) is 9.59 Å². The van der Waals surface area contributed by atoms with Gasteiger partial charge in [0.2, 0.25) is 11.8 Å². The largest absolute Gasteiger partial charge is 0.356 e. The van der Waals surface area contributed by atoms with E-state index in [-0.39, 0.29) is 17.7 Å². The van der Waals surface area contributed by atoms with Gasteiger partial charge in [0.25, 0.3) is 0 Å². The molecule has 1 aliphatic carbocycles. The first-order valence-corrected chi connectivity index (χ1v) is 10.5. The van der Waals surface area contributed by atoms with Crippen LogP contribution in [0.15, 0.2) is 11.8 Å². The lowest BCUT2D eigenvalue weighted by Crippen LogP contribution is -2.47. The SMILES string of the molecule is CCCN(C(=O)CN1CCC[C@H](C(=O)NCC(C)C)C1)C1=CCCCC1. The van der Waals surface area contributed by atoms with Crippen LogP contribution < -0.4 is 5.32 Å². The second-order valence-corrected chi connectivity index (χ2v) is 8.20. The van der Waals surface area contributed by atoms with E-state index in [0.29, 0.717) is 19.0 Å². The first kappa shape index (κ1) is 20.9. The Balaban J connectivity index is 1.89. The van der Waals surface area contributed by atoms with Crippen LogP contribution in [0.5, 0.6) is 0 Å². The van der Waals surface area contributed by atoms with Crippen LogP contribution in [0.1, 0.15) is 65.7 Å². The number of carbonyl (C=O) groups excluding carboxylic acids is 2. The molecule has 0 saturated carbocycles. The fraction of sp³-hybridized carbons (Fsp3) is 0.810. The van der Waals surface area contributed by atoms with Gasteiger partial charge in [-0.25, -0.2) is 0 Å². The maximum Gasteiger partial charge on any atom is 0.240 e. The summed E-state index contributed by atoms with van der Waals surface area (Å²) in [4.78, 5) is 29.5. The van der Waals surface area contributed by atoms with E-state index < -0.39 is 0 Å². The number of nitrogens with zero attached hydrogens (tertiary/aromatic N) is 2. The number of piperidine rings is 1. The third kappa shape index (κ3) is 6.42. The van der Waals surface area contributed by atoms with Crippen molar-refractivity contribution in [3.05, 3.63) is 11.8 Å². The van der Waals surface area contributed by atoms with Crippen molar-refractivity contribution in [3.63, 3.8) is 0 Å². The Morgan fingerprint density at radius 1 is 1.31 bits per heavy atom. The van der Waals surface area contributed by atoms with Crippen molar-refractivity contribution in [1.82, 2.24) is 15.1 Å². The zero-order valence-electron chi connectivity index (χ0n) is 16.9. The van der Waals surface area contributed by atoms with E-state index in [9.17, 15) is 9.59 Å². The molecule has 1 atom stereocenters. The molecule has 5 nitrogen and oxygen atoms in total. The Hall–Kier alpha value is -1.36. The summed E-state index contributed by atoms with van der Waals surface area (Å²) in [5.41, 5.74) is 1.21. The summed E-state index contributed by atoms with van der Waals surface area (Å²) in [7, 11) is 0. The first-order chi connectivity index (χ1) is 12.5. The lowest BCUT2D eigenvalue weighted by atomic mass is 9.96. The molecule has 148 valence electrons. The van der Waals surface area contributed by atoms with E-state index in [4.69, 9.17) is 0 Å². The molecule has 0 unspecified atom stereocenters. The summed E-state index contributed by atoms with van der Waals surface area (Å²) in [5, 5.41) is 3.05. The summed E-state index contributed by atoms with van der Waals surface area (Å²) in [5.74, 6) is 0.829. The molecule has 1 N–H and O–H groups in total. The van der Waals surface area contributed by atoms with E-state index in [1.807, 2.05) is 4.90 Å². The molecule has 2 aliphatic rings. The van der Waals surface area contributed by atoms with Crippen LogP contribution in [0.25, 0.3) is 0 Å². The Morgan fingerprint density at radius 2 is 2.12 bits per heavy atom. The van der Waals surface area contributed by atoms with Crippen LogP contribution in [-0.4, -0.2) is 54.3 Å². The van der Waals surface area contributed by atoms with Crippen molar-refractivity contribution in [2.24, 2.45) is 11.8 Å². The molecule has 0 aromatic rings. The number of amides is 2. The molecular weight excluding hydrogens is 326 g/mol. The van der Waals surface area contributed by atoms with Crippen molar-refractivity contribution in [2.45, 2.75) is 65.7 Å². The van der Waals surface area contributed by atoms with Gasteiger partial charge >= 0.3 is 0 Å². The molecule has 26 heavy (non-hydrogen) atoms. The van der Waals surface area contributed by atoms with Crippen molar-refractivity contribution in [3.8, 4) is 0 Å². The molecule has 5 heteroatoms. The predicted octanol–water partition coefficient (Wildman–Crippen LogP) is 3.17. The summed E-state index contributed by atoms with van der Waals surface area (Å²) in [6, 6.07) is 0. The quantitative estimate of drug-likeness (QED) is 0.721.